The average Bonchev–Trinajstić information content (AvgIpc) is 2.48. The van der Waals surface area contributed by atoms with E-state index in [9.17, 15) is 0 Å². The van der Waals surface area contributed by atoms with Crippen LogP contribution in [0.4, 0.5) is 0 Å². The highest BCUT2D eigenvalue weighted by Gasteiger charge is 2.04. The van der Waals surface area contributed by atoms with Gasteiger partial charge in [0.1, 0.15) is 5.75 Å². The van der Waals surface area contributed by atoms with Gasteiger partial charge in [-0.3, -0.25) is 0 Å². The Morgan fingerprint density at radius 3 is 2.60 bits per heavy atom. The summed E-state index contributed by atoms with van der Waals surface area (Å²) in [5.41, 5.74) is 2.14. The van der Waals surface area contributed by atoms with Crippen molar-refractivity contribution in [2.75, 3.05) is 0 Å². The molecule has 0 atom stereocenters. The number of ether oxygens (including phenoxy) is 1. The number of hydrogen-bond acceptors (Lipinski definition) is 2. The maximum Gasteiger partial charge on any atom is 0.219 e. The van der Waals surface area contributed by atoms with Crippen LogP contribution in [0.15, 0.2) is 36.5 Å². The third-order valence-corrected chi connectivity index (χ3v) is 3.65. The molecule has 0 N–H and O–H groups in total. The molecule has 0 saturated heterocycles. The van der Waals surface area contributed by atoms with Crippen molar-refractivity contribution in [1.29, 1.82) is 0 Å². The molecule has 0 aliphatic carbocycles. The summed E-state index contributed by atoms with van der Waals surface area (Å²) in [6.45, 7) is 2.19. The third-order valence-electron chi connectivity index (χ3n) is 3.02. The van der Waals surface area contributed by atoms with E-state index in [-0.39, 0.29) is 0 Å². The molecule has 106 valence electrons. The van der Waals surface area contributed by atoms with Crippen LogP contribution in [0.2, 0.25) is 5.02 Å². The van der Waals surface area contributed by atoms with Crippen LogP contribution in [0.1, 0.15) is 30.9 Å². The minimum atomic E-state index is 0.341. The molecule has 0 saturated carbocycles. The van der Waals surface area contributed by atoms with E-state index in [0.717, 1.165) is 17.7 Å². The lowest BCUT2D eigenvalue weighted by atomic mass is 10.1. The van der Waals surface area contributed by atoms with Crippen molar-refractivity contribution < 1.29 is 4.74 Å². The van der Waals surface area contributed by atoms with Gasteiger partial charge in [-0.15, -0.1) is 11.6 Å². The van der Waals surface area contributed by atoms with Gasteiger partial charge in [0, 0.05) is 18.1 Å². The highest BCUT2D eigenvalue weighted by atomic mass is 35.5. The number of hydrogen-bond donors (Lipinski definition) is 0. The van der Waals surface area contributed by atoms with E-state index >= 15 is 0 Å². The van der Waals surface area contributed by atoms with Crippen molar-refractivity contribution in [3.05, 3.63) is 52.7 Å². The van der Waals surface area contributed by atoms with Crippen LogP contribution in [0.5, 0.6) is 11.6 Å². The van der Waals surface area contributed by atoms with Crippen LogP contribution in [0.25, 0.3) is 0 Å². The molecule has 0 amide bonds. The Kier molecular flexibility index (Phi) is 5.69. The minimum Gasteiger partial charge on any atom is -0.439 e. The molecule has 0 fully saturated rings. The van der Waals surface area contributed by atoms with Crippen molar-refractivity contribution in [3.63, 3.8) is 0 Å². The monoisotopic (exact) mass is 309 g/mol. The standard InChI is InChI=1S/C16H17Cl2NO/c1-2-3-4-12-5-7-14(8-6-12)20-16-9-13(10-17)15(18)11-19-16/h5-9,11H,2-4,10H2,1H3. The second-order valence-electron chi connectivity index (χ2n) is 4.60. The van der Waals surface area contributed by atoms with E-state index in [4.69, 9.17) is 27.9 Å². The number of aromatic nitrogens is 1. The fourth-order valence-corrected chi connectivity index (χ4v) is 2.30. The molecular formula is C16H17Cl2NO. The minimum absolute atomic E-state index is 0.341. The first-order chi connectivity index (χ1) is 9.72. The van der Waals surface area contributed by atoms with Crippen LogP contribution in [-0.4, -0.2) is 4.98 Å². The number of alkyl halides is 1. The Balaban J connectivity index is 2.06. The summed E-state index contributed by atoms with van der Waals surface area (Å²) in [6, 6.07) is 9.86. The predicted molar refractivity (Wildman–Crippen MR) is 83.9 cm³/mol. The van der Waals surface area contributed by atoms with Gasteiger partial charge in [0.15, 0.2) is 0 Å². The van der Waals surface area contributed by atoms with Crippen molar-refractivity contribution >= 4 is 23.2 Å². The Bertz CT molecular complexity index is 555. The molecule has 0 radical (unpaired) electrons. The van der Waals surface area contributed by atoms with E-state index in [1.807, 2.05) is 12.1 Å². The lowest BCUT2D eigenvalue weighted by molar-refractivity contribution is 0.462. The van der Waals surface area contributed by atoms with Gasteiger partial charge in [-0.05, 0) is 36.1 Å². The molecule has 1 heterocycles. The number of benzene rings is 1. The van der Waals surface area contributed by atoms with Gasteiger partial charge in [0.05, 0.1) is 5.02 Å². The van der Waals surface area contributed by atoms with Crippen LogP contribution >= 0.6 is 23.2 Å². The summed E-state index contributed by atoms with van der Waals surface area (Å²) >= 11 is 11.8. The van der Waals surface area contributed by atoms with Crippen LogP contribution in [0.3, 0.4) is 0 Å². The first kappa shape index (κ1) is 15.1. The molecule has 0 bridgehead atoms. The first-order valence-electron chi connectivity index (χ1n) is 6.70. The van der Waals surface area contributed by atoms with E-state index in [1.54, 1.807) is 12.3 Å². The quantitative estimate of drug-likeness (QED) is 0.647. The van der Waals surface area contributed by atoms with E-state index < -0.39 is 0 Å². The summed E-state index contributed by atoms with van der Waals surface area (Å²) in [7, 11) is 0. The zero-order valence-corrected chi connectivity index (χ0v) is 12.9. The van der Waals surface area contributed by atoms with Gasteiger partial charge in [-0.25, -0.2) is 4.98 Å². The van der Waals surface area contributed by atoms with Gasteiger partial charge >= 0.3 is 0 Å². The molecule has 2 aromatic rings. The lowest BCUT2D eigenvalue weighted by Crippen LogP contribution is -1.91. The summed E-state index contributed by atoms with van der Waals surface area (Å²) < 4.78 is 5.71. The summed E-state index contributed by atoms with van der Waals surface area (Å²) in [6.07, 6.45) is 5.07. The van der Waals surface area contributed by atoms with Crippen LogP contribution in [-0.2, 0) is 12.3 Å². The van der Waals surface area contributed by atoms with E-state index in [1.165, 1.54) is 18.4 Å². The molecule has 0 spiro atoms. The molecule has 2 nitrogen and oxygen atoms in total. The SMILES string of the molecule is CCCCc1ccc(Oc2cc(CCl)c(Cl)cn2)cc1. The van der Waals surface area contributed by atoms with Gasteiger partial charge in [0.2, 0.25) is 5.88 Å². The van der Waals surface area contributed by atoms with E-state index in [2.05, 4.69) is 24.0 Å². The zero-order valence-electron chi connectivity index (χ0n) is 11.4. The normalized spacial score (nSPS) is 10.6. The number of nitrogens with zero attached hydrogens (tertiary/aromatic N) is 1. The third kappa shape index (κ3) is 4.12. The summed E-state index contributed by atoms with van der Waals surface area (Å²) in [5, 5.41) is 0.558. The second kappa shape index (κ2) is 7.51. The van der Waals surface area contributed by atoms with Crippen molar-refractivity contribution in [2.45, 2.75) is 32.1 Å². The largest absolute Gasteiger partial charge is 0.439 e. The van der Waals surface area contributed by atoms with Crippen molar-refractivity contribution in [1.82, 2.24) is 4.98 Å². The fraction of sp³-hybridized carbons (Fsp3) is 0.312. The smallest absolute Gasteiger partial charge is 0.219 e. The fourth-order valence-electron chi connectivity index (χ4n) is 1.84. The average molecular weight is 310 g/mol. The van der Waals surface area contributed by atoms with Crippen molar-refractivity contribution in [2.24, 2.45) is 0 Å². The molecule has 0 unspecified atom stereocenters. The van der Waals surface area contributed by atoms with Gasteiger partial charge in [0.25, 0.3) is 0 Å². The Labute approximate surface area is 129 Å². The number of unbranched alkanes of at least 4 members (excludes halogenated alkanes) is 1. The molecule has 20 heavy (non-hydrogen) atoms. The number of rotatable bonds is 6. The number of halogens is 2. The van der Waals surface area contributed by atoms with Gasteiger partial charge < -0.3 is 4.74 Å². The van der Waals surface area contributed by atoms with Crippen molar-refractivity contribution in [3.8, 4) is 11.6 Å². The van der Waals surface area contributed by atoms with Gasteiger partial charge in [-0.1, -0.05) is 37.1 Å². The number of pyridine rings is 1. The molecular weight excluding hydrogens is 293 g/mol. The predicted octanol–water partition coefficient (Wildman–Crippen LogP) is 5.61. The van der Waals surface area contributed by atoms with Gasteiger partial charge in [-0.2, -0.15) is 0 Å². The Morgan fingerprint density at radius 1 is 1.20 bits per heavy atom. The Hall–Kier alpha value is -1.25. The molecule has 2 rings (SSSR count). The highest BCUT2D eigenvalue weighted by Crippen LogP contribution is 2.25. The molecule has 1 aromatic carbocycles. The van der Waals surface area contributed by atoms with E-state index in [0.29, 0.717) is 16.8 Å². The molecule has 0 aliphatic heterocycles. The van der Waals surface area contributed by atoms with Crippen LogP contribution < -0.4 is 4.74 Å². The first-order valence-corrected chi connectivity index (χ1v) is 7.61. The zero-order chi connectivity index (χ0) is 14.4. The van der Waals surface area contributed by atoms with Crippen LogP contribution in [0, 0.1) is 0 Å². The topological polar surface area (TPSA) is 22.1 Å². The lowest BCUT2D eigenvalue weighted by Gasteiger charge is -2.07. The molecule has 4 heteroatoms. The molecule has 0 aliphatic rings. The summed E-state index contributed by atoms with van der Waals surface area (Å²) in [4.78, 5) is 4.14. The number of aryl methyl sites for hydroxylation is 1. The second-order valence-corrected chi connectivity index (χ2v) is 5.27. The summed E-state index contributed by atoms with van der Waals surface area (Å²) in [5.74, 6) is 1.61. The maximum atomic E-state index is 5.97. The highest BCUT2D eigenvalue weighted by molar-refractivity contribution is 6.32. The molecule has 1 aromatic heterocycles. The Morgan fingerprint density at radius 2 is 1.95 bits per heavy atom. The maximum absolute atomic E-state index is 5.97.